The highest BCUT2D eigenvalue weighted by molar-refractivity contribution is 5.99. The number of nitrogens with one attached hydrogen (secondary N) is 4. The first-order valence-corrected chi connectivity index (χ1v) is 11.9. The number of benzene rings is 1. The van der Waals surface area contributed by atoms with E-state index in [9.17, 15) is 14.4 Å². The van der Waals surface area contributed by atoms with Gasteiger partial charge in [0.15, 0.2) is 5.84 Å². The Morgan fingerprint density at radius 1 is 1.19 bits per heavy atom. The predicted octanol–water partition coefficient (Wildman–Crippen LogP) is -0.679. The van der Waals surface area contributed by atoms with E-state index in [0.717, 1.165) is 23.6 Å². The zero-order valence-electron chi connectivity index (χ0n) is 20.5. The van der Waals surface area contributed by atoms with Crippen LogP contribution in [-0.4, -0.2) is 60.8 Å². The summed E-state index contributed by atoms with van der Waals surface area (Å²) < 4.78 is 9.94. The fourth-order valence-electron chi connectivity index (χ4n) is 3.80. The quantitative estimate of drug-likeness (QED) is 0.166. The number of fused-ring (bicyclic) bond motifs is 1. The summed E-state index contributed by atoms with van der Waals surface area (Å²) in [7, 11) is 0. The third-order valence-electron chi connectivity index (χ3n) is 5.63. The molecular formula is C23H34N8O5. The van der Waals surface area contributed by atoms with Crippen LogP contribution in [0.5, 0.6) is 0 Å². The number of nitrogens with two attached hydrogens (primary N) is 2. The van der Waals surface area contributed by atoms with E-state index in [1.165, 1.54) is 0 Å². The summed E-state index contributed by atoms with van der Waals surface area (Å²) in [5.41, 5.74) is 10.8. The lowest BCUT2D eigenvalue weighted by Crippen LogP contribution is -2.57. The van der Waals surface area contributed by atoms with Crippen molar-refractivity contribution in [1.82, 2.24) is 26.6 Å². The Bertz CT molecular complexity index is 1010. The van der Waals surface area contributed by atoms with Gasteiger partial charge in [-0.05, 0) is 50.8 Å². The molecule has 13 nitrogen and oxygen atoms in total. The molecule has 1 saturated heterocycles. The maximum atomic E-state index is 12.7. The van der Waals surface area contributed by atoms with E-state index >= 15 is 0 Å². The molecule has 1 aromatic carbocycles. The summed E-state index contributed by atoms with van der Waals surface area (Å²) in [6, 6.07) is 6.34. The average molecular weight is 503 g/mol. The van der Waals surface area contributed by atoms with E-state index < -0.39 is 23.9 Å². The Morgan fingerprint density at radius 3 is 2.61 bits per heavy atom. The molecule has 36 heavy (non-hydrogen) atoms. The monoisotopic (exact) mass is 502 g/mol. The number of rotatable bonds is 11. The lowest BCUT2D eigenvalue weighted by atomic mass is 10.0. The van der Waals surface area contributed by atoms with Gasteiger partial charge in [0.25, 0.3) is 5.91 Å². The number of hydrogen-bond acceptors (Lipinski definition) is 12. The summed E-state index contributed by atoms with van der Waals surface area (Å²) in [5.74, 6) is 5.14. The molecule has 196 valence electrons. The van der Waals surface area contributed by atoms with E-state index in [1.807, 2.05) is 12.1 Å². The molecule has 0 aromatic heterocycles. The topological polar surface area (TPSA) is 185 Å². The molecule has 13 heteroatoms. The Morgan fingerprint density at radius 2 is 1.92 bits per heavy atom. The number of ether oxygens (including phenoxy) is 2. The van der Waals surface area contributed by atoms with E-state index in [-0.39, 0.29) is 32.1 Å². The maximum absolute atomic E-state index is 12.7. The highest BCUT2D eigenvalue weighted by Gasteiger charge is 2.27. The van der Waals surface area contributed by atoms with Crippen molar-refractivity contribution < 1.29 is 23.9 Å². The van der Waals surface area contributed by atoms with Gasteiger partial charge in [0, 0.05) is 24.6 Å². The van der Waals surface area contributed by atoms with Gasteiger partial charge in [-0.3, -0.25) is 15.0 Å². The highest BCUT2D eigenvalue weighted by Crippen LogP contribution is 2.14. The molecule has 1 fully saturated rings. The second-order valence-corrected chi connectivity index (χ2v) is 8.27. The smallest absolute Gasteiger partial charge is 0.328 e. The van der Waals surface area contributed by atoms with Gasteiger partial charge in [-0.1, -0.05) is 12.1 Å². The largest absolute Gasteiger partial charge is 0.466 e. The number of hydrogen-bond donors (Lipinski definition) is 6. The second-order valence-electron chi connectivity index (χ2n) is 8.27. The van der Waals surface area contributed by atoms with Crippen LogP contribution >= 0.6 is 0 Å². The van der Waals surface area contributed by atoms with Gasteiger partial charge in [0.05, 0.1) is 13.2 Å². The number of amidine groups is 1. The Hall–Kier alpha value is -4.00. The number of aryl methyl sites for hydroxylation is 1. The van der Waals surface area contributed by atoms with Crippen molar-refractivity contribution in [3.63, 3.8) is 0 Å². The van der Waals surface area contributed by atoms with Crippen molar-refractivity contribution in [2.24, 2.45) is 16.7 Å². The van der Waals surface area contributed by atoms with Gasteiger partial charge < -0.3 is 31.2 Å². The van der Waals surface area contributed by atoms with Gasteiger partial charge in [0.1, 0.15) is 17.6 Å². The summed E-state index contributed by atoms with van der Waals surface area (Å²) >= 11 is 0. The number of carbonyl (C=O) groups is 3. The van der Waals surface area contributed by atoms with Crippen molar-refractivity contribution in [3.05, 3.63) is 46.9 Å². The van der Waals surface area contributed by atoms with Crippen molar-refractivity contribution in [3.8, 4) is 0 Å². The number of hydrazine groups is 2. The number of amides is 1. The van der Waals surface area contributed by atoms with Crippen LogP contribution in [0, 0.1) is 0 Å². The van der Waals surface area contributed by atoms with Crippen molar-refractivity contribution in [2.45, 2.75) is 51.6 Å². The molecule has 2 heterocycles. The Labute approximate surface area is 209 Å². The summed E-state index contributed by atoms with van der Waals surface area (Å²) in [5, 5.41) is 14.4. The average Bonchev–Trinajstić information content (AvgIpc) is 2.85. The fourth-order valence-corrected chi connectivity index (χ4v) is 3.80. The molecular weight excluding hydrogens is 468 g/mol. The minimum atomic E-state index is -0.942. The van der Waals surface area contributed by atoms with E-state index in [1.54, 1.807) is 26.0 Å². The van der Waals surface area contributed by atoms with Crippen molar-refractivity contribution in [2.75, 3.05) is 19.8 Å². The standard InChI is InChI=1S/C23H34N8O5/c1-3-35-18(32)12-11-17(23(34)36-4-2)28-22(33)15-8-5-14(6-9-15)7-10-16-13-26-21-19(27-16)20(24)29-31(25)30-21/h5-6,8-9,16-17,27,29H,3-4,7,10-13,24-25H2,1-2H3,(H,26,30)(H,28,33)/t16?,17-/m0/s1. The summed E-state index contributed by atoms with van der Waals surface area (Å²) in [4.78, 5) is 36.7. The van der Waals surface area contributed by atoms with Crippen LogP contribution < -0.4 is 33.0 Å². The number of esters is 2. The third kappa shape index (κ3) is 7.25. The van der Waals surface area contributed by atoms with Crippen LogP contribution in [0.25, 0.3) is 0 Å². The van der Waals surface area contributed by atoms with Crippen LogP contribution in [0.2, 0.25) is 0 Å². The fraction of sp³-hybridized carbons (Fsp3) is 0.478. The first-order chi connectivity index (χ1) is 17.3. The van der Waals surface area contributed by atoms with E-state index in [4.69, 9.17) is 21.1 Å². The van der Waals surface area contributed by atoms with Gasteiger partial charge in [-0.25, -0.2) is 10.6 Å². The molecule has 0 saturated carbocycles. The maximum Gasteiger partial charge on any atom is 0.328 e. The number of nitrogens with zero attached hydrogens (tertiary/aromatic N) is 2. The molecule has 0 spiro atoms. The minimum Gasteiger partial charge on any atom is -0.466 e. The van der Waals surface area contributed by atoms with Crippen LogP contribution in [0.4, 0.5) is 0 Å². The van der Waals surface area contributed by atoms with Crippen LogP contribution in [0.15, 0.2) is 40.9 Å². The number of piperazine rings is 1. The van der Waals surface area contributed by atoms with Gasteiger partial charge in [-0.15, -0.1) is 10.3 Å². The lowest BCUT2D eigenvalue weighted by Gasteiger charge is -2.34. The van der Waals surface area contributed by atoms with Crippen LogP contribution in [0.3, 0.4) is 0 Å². The van der Waals surface area contributed by atoms with E-state index in [2.05, 4.69) is 26.5 Å². The van der Waals surface area contributed by atoms with Gasteiger partial charge >= 0.3 is 11.9 Å². The lowest BCUT2D eigenvalue weighted by molar-refractivity contribution is -0.146. The first-order valence-electron chi connectivity index (χ1n) is 11.9. The zero-order valence-corrected chi connectivity index (χ0v) is 20.5. The molecule has 1 unspecified atom stereocenters. The van der Waals surface area contributed by atoms with Gasteiger partial charge in [-0.2, -0.15) is 0 Å². The predicted molar refractivity (Wildman–Crippen MR) is 131 cm³/mol. The van der Waals surface area contributed by atoms with Gasteiger partial charge in [0.2, 0.25) is 0 Å². The third-order valence-corrected chi connectivity index (χ3v) is 5.63. The summed E-state index contributed by atoms with van der Waals surface area (Å²) in [6.07, 6.45) is 1.67. The second kappa shape index (κ2) is 12.6. The molecule has 0 aliphatic carbocycles. The highest BCUT2D eigenvalue weighted by atomic mass is 16.5. The molecule has 1 aromatic rings. The zero-order chi connectivity index (χ0) is 26.1. The summed E-state index contributed by atoms with van der Waals surface area (Å²) in [6.45, 7) is 4.46. The molecule has 2 aliphatic heterocycles. The molecule has 0 bridgehead atoms. The van der Waals surface area contributed by atoms with Crippen LogP contribution in [-0.2, 0) is 25.5 Å². The Balaban J connectivity index is 1.53. The molecule has 0 radical (unpaired) electrons. The molecule has 1 amide bonds. The van der Waals surface area contributed by atoms with Crippen molar-refractivity contribution >= 4 is 23.7 Å². The Kier molecular flexibility index (Phi) is 9.33. The first kappa shape index (κ1) is 26.6. The number of hydrazone groups is 1. The molecule has 8 N–H and O–H groups in total. The molecule has 2 aliphatic rings. The van der Waals surface area contributed by atoms with E-state index in [0.29, 0.717) is 29.5 Å². The minimum absolute atomic E-state index is 0.00294. The number of carbonyl (C=O) groups excluding carboxylic acids is 3. The molecule has 3 rings (SSSR count). The van der Waals surface area contributed by atoms with Crippen molar-refractivity contribution in [1.29, 1.82) is 0 Å². The SMILES string of the molecule is CCOC(=O)CC[C@H](NC(=O)c1ccc(CCC2CNC3=NN(N)NC(N)=C3N2)cc1)C(=O)OCC. The normalized spacial score (nSPS) is 17.5. The molecule has 2 atom stereocenters. The van der Waals surface area contributed by atoms with Crippen LogP contribution in [0.1, 0.15) is 49.0 Å².